The number of carbonyl (C=O) groups is 2. The zero-order chi connectivity index (χ0) is 24.6. The lowest BCUT2D eigenvalue weighted by Crippen LogP contribution is -2.53. The normalized spacial score (nSPS) is 15.8. The average Bonchev–Trinajstić information content (AvgIpc) is 3.42. The number of anilines is 1. The van der Waals surface area contributed by atoms with Gasteiger partial charge in [0.2, 0.25) is 0 Å². The molecule has 1 saturated heterocycles. The molecule has 3 heterocycles. The highest BCUT2D eigenvalue weighted by atomic mass is 32.1. The Kier molecular flexibility index (Phi) is 8.33. The van der Waals surface area contributed by atoms with Crippen molar-refractivity contribution in [3.05, 3.63) is 76.7 Å². The molecule has 1 aliphatic heterocycles. The third-order valence-electron chi connectivity index (χ3n) is 6.18. The second-order valence-corrected chi connectivity index (χ2v) is 9.44. The van der Waals surface area contributed by atoms with Crippen molar-refractivity contribution in [2.24, 2.45) is 0 Å². The minimum atomic E-state index is -0.647. The summed E-state index contributed by atoms with van der Waals surface area (Å²) < 4.78 is 5.54. The number of para-hydroxylation sites is 2. The van der Waals surface area contributed by atoms with E-state index in [1.54, 1.807) is 36.9 Å². The highest BCUT2D eigenvalue weighted by Gasteiger charge is 2.32. The number of aromatic nitrogens is 1. The number of hydrogen-bond acceptors (Lipinski definition) is 7. The molecule has 0 bridgehead atoms. The van der Waals surface area contributed by atoms with Crippen LogP contribution in [0.1, 0.15) is 23.4 Å². The van der Waals surface area contributed by atoms with E-state index < -0.39 is 11.8 Å². The maximum atomic E-state index is 12.7. The Morgan fingerprint density at radius 2 is 1.86 bits per heavy atom. The number of ether oxygens (including phenoxy) is 1. The number of pyridine rings is 1. The van der Waals surface area contributed by atoms with Crippen molar-refractivity contribution in [2.45, 2.75) is 25.6 Å². The van der Waals surface area contributed by atoms with Gasteiger partial charge in [0, 0.05) is 56.0 Å². The van der Waals surface area contributed by atoms with Crippen LogP contribution in [0.5, 0.6) is 5.75 Å². The summed E-state index contributed by atoms with van der Waals surface area (Å²) in [6.45, 7) is 5.56. The fraction of sp³-hybridized carbons (Fsp3) is 0.346. The second-order valence-electron chi connectivity index (χ2n) is 8.46. The summed E-state index contributed by atoms with van der Waals surface area (Å²) in [6.07, 6.45) is 3.33. The van der Waals surface area contributed by atoms with E-state index in [1.165, 1.54) is 4.88 Å². The third-order valence-corrected chi connectivity index (χ3v) is 7.13. The number of nitrogens with zero attached hydrogens (tertiary/aromatic N) is 3. The Balaban J connectivity index is 1.38. The molecule has 9 heteroatoms. The SMILES string of the molecule is COc1ccccc1N1CCN([C@@H](c2cccs2)[C@@H](C)NC(=O)C(=O)NCc2cccnc2)CC1. The molecule has 2 N–H and O–H groups in total. The number of benzene rings is 1. The number of carbonyl (C=O) groups excluding carboxylic acids is 2. The van der Waals surface area contributed by atoms with Crippen molar-refractivity contribution in [3.63, 3.8) is 0 Å². The first kappa shape index (κ1) is 24.7. The molecule has 0 spiro atoms. The van der Waals surface area contributed by atoms with E-state index >= 15 is 0 Å². The molecular weight excluding hydrogens is 462 g/mol. The highest BCUT2D eigenvalue weighted by Crippen LogP contribution is 2.32. The molecule has 2 atom stereocenters. The molecule has 8 nitrogen and oxygen atoms in total. The maximum absolute atomic E-state index is 12.7. The molecule has 3 aromatic rings. The van der Waals surface area contributed by atoms with E-state index in [2.05, 4.69) is 37.6 Å². The summed E-state index contributed by atoms with van der Waals surface area (Å²) >= 11 is 1.67. The quantitative estimate of drug-likeness (QED) is 0.470. The Morgan fingerprint density at radius 3 is 2.54 bits per heavy atom. The lowest BCUT2D eigenvalue weighted by Gasteiger charge is -2.42. The molecule has 2 aromatic heterocycles. The zero-order valence-corrected chi connectivity index (χ0v) is 20.8. The number of nitrogens with one attached hydrogen (secondary N) is 2. The van der Waals surface area contributed by atoms with Crippen LogP contribution < -0.4 is 20.3 Å². The highest BCUT2D eigenvalue weighted by molar-refractivity contribution is 7.10. The first-order valence-corrected chi connectivity index (χ1v) is 12.6. The topological polar surface area (TPSA) is 86.8 Å². The van der Waals surface area contributed by atoms with Gasteiger partial charge in [-0.05, 0) is 42.1 Å². The van der Waals surface area contributed by atoms with Crippen LogP contribution in [0.3, 0.4) is 0 Å². The lowest BCUT2D eigenvalue weighted by atomic mass is 10.0. The number of hydrogen-bond donors (Lipinski definition) is 2. The van der Waals surface area contributed by atoms with E-state index in [0.717, 1.165) is 43.2 Å². The summed E-state index contributed by atoms with van der Waals surface area (Å²) in [5.41, 5.74) is 1.93. The van der Waals surface area contributed by atoms with Gasteiger partial charge in [0.05, 0.1) is 18.8 Å². The van der Waals surface area contributed by atoms with Crippen molar-refractivity contribution < 1.29 is 14.3 Å². The van der Waals surface area contributed by atoms with Crippen LogP contribution in [-0.4, -0.2) is 61.0 Å². The average molecular weight is 494 g/mol. The molecule has 1 aliphatic rings. The fourth-order valence-corrected chi connectivity index (χ4v) is 5.41. The molecule has 0 saturated carbocycles. The van der Waals surface area contributed by atoms with Crippen molar-refractivity contribution >= 4 is 28.8 Å². The Morgan fingerprint density at radius 1 is 1.06 bits per heavy atom. The van der Waals surface area contributed by atoms with Crippen LogP contribution in [-0.2, 0) is 16.1 Å². The first-order chi connectivity index (χ1) is 17.1. The number of piperazine rings is 1. The van der Waals surface area contributed by atoms with Gasteiger partial charge in [-0.25, -0.2) is 0 Å². The van der Waals surface area contributed by atoms with Crippen LogP contribution >= 0.6 is 11.3 Å². The Labute approximate surface area is 209 Å². The van der Waals surface area contributed by atoms with Crippen LogP contribution in [0.15, 0.2) is 66.3 Å². The van der Waals surface area contributed by atoms with E-state index in [0.29, 0.717) is 0 Å². The summed E-state index contributed by atoms with van der Waals surface area (Å²) in [5, 5.41) is 7.64. The Hall–Kier alpha value is -3.43. The van der Waals surface area contributed by atoms with E-state index in [4.69, 9.17) is 4.74 Å². The van der Waals surface area contributed by atoms with Crippen molar-refractivity contribution in [1.82, 2.24) is 20.5 Å². The van der Waals surface area contributed by atoms with Crippen LogP contribution in [0.2, 0.25) is 0 Å². The zero-order valence-electron chi connectivity index (χ0n) is 20.0. The third kappa shape index (κ3) is 6.17. The fourth-order valence-electron chi connectivity index (χ4n) is 4.45. The molecule has 0 unspecified atom stereocenters. The number of methoxy groups -OCH3 is 1. The van der Waals surface area contributed by atoms with Crippen molar-refractivity contribution in [1.29, 1.82) is 0 Å². The van der Waals surface area contributed by atoms with Gasteiger partial charge in [-0.1, -0.05) is 24.3 Å². The van der Waals surface area contributed by atoms with Crippen molar-refractivity contribution in [3.8, 4) is 5.75 Å². The van der Waals surface area contributed by atoms with E-state index in [9.17, 15) is 9.59 Å². The molecule has 1 fully saturated rings. The minimum Gasteiger partial charge on any atom is -0.495 e. The van der Waals surface area contributed by atoms with Gasteiger partial charge in [-0.3, -0.25) is 19.5 Å². The standard InChI is InChI=1S/C26H31N5O3S/c1-19(29-26(33)25(32)28-18-20-7-5-11-27-17-20)24(23-10-6-16-35-23)31-14-12-30(13-15-31)21-8-3-4-9-22(21)34-2/h3-11,16-17,19,24H,12-15,18H2,1-2H3,(H,28,32)(H,29,33)/t19-,24-/m1/s1. The van der Waals surface area contributed by atoms with Crippen LogP contribution in [0.25, 0.3) is 0 Å². The van der Waals surface area contributed by atoms with E-state index in [-0.39, 0.29) is 18.6 Å². The molecule has 0 radical (unpaired) electrons. The number of thiophene rings is 1. The monoisotopic (exact) mass is 493 g/mol. The summed E-state index contributed by atoms with van der Waals surface area (Å²) in [7, 11) is 1.69. The number of amides is 2. The van der Waals surface area contributed by atoms with Gasteiger partial charge in [0.15, 0.2) is 0 Å². The lowest BCUT2D eigenvalue weighted by molar-refractivity contribution is -0.140. The molecule has 35 heavy (non-hydrogen) atoms. The van der Waals surface area contributed by atoms with Crippen LogP contribution in [0.4, 0.5) is 5.69 Å². The maximum Gasteiger partial charge on any atom is 0.309 e. The van der Waals surface area contributed by atoms with Gasteiger partial charge in [-0.2, -0.15) is 0 Å². The van der Waals surface area contributed by atoms with Gasteiger partial charge in [0.25, 0.3) is 0 Å². The smallest absolute Gasteiger partial charge is 0.309 e. The van der Waals surface area contributed by atoms with Crippen molar-refractivity contribution in [2.75, 3.05) is 38.2 Å². The summed E-state index contributed by atoms with van der Waals surface area (Å²) in [6, 6.07) is 15.5. The Bertz CT molecular complexity index is 1100. The summed E-state index contributed by atoms with van der Waals surface area (Å²) in [4.78, 5) is 35.0. The predicted octanol–water partition coefficient (Wildman–Crippen LogP) is 2.84. The molecule has 4 rings (SSSR count). The molecule has 1 aromatic carbocycles. The molecule has 0 aliphatic carbocycles. The second kappa shape index (κ2) is 11.8. The number of rotatable bonds is 8. The van der Waals surface area contributed by atoms with E-state index in [1.807, 2.05) is 42.6 Å². The summed E-state index contributed by atoms with van der Waals surface area (Å²) in [5.74, 6) is -0.407. The van der Waals surface area contributed by atoms with Gasteiger partial charge in [-0.15, -0.1) is 11.3 Å². The van der Waals surface area contributed by atoms with Gasteiger partial charge < -0.3 is 20.3 Å². The predicted molar refractivity (Wildman–Crippen MR) is 138 cm³/mol. The first-order valence-electron chi connectivity index (χ1n) is 11.7. The molecular formula is C26H31N5O3S. The van der Waals surface area contributed by atoms with Gasteiger partial charge in [0.1, 0.15) is 5.75 Å². The largest absolute Gasteiger partial charge is 0.495 e. The van der Waals surface area contributed by atoms with Gasteiger partial charge >= 0.3 is 11.8 Å². The van der Waals surface area contributed by atoms with Crippen LogP contribution in [0, 0.1) is 0 Å². The molecule has 184 valence electrons. The molecule has 2 amide bonds. The minimum absolute atomic E-state index is 0.0232.